The highest BCUT2D eigenvalue weighted by Gasteiger charge is 2.14. The van der Waals surface area contributed by atoms with Crippen LogP contribution in [-0.2, 0) is 6.42 Å². The molecule has 0 aliphatic carbocycles. The first-order valence-corrected chi connectivity index (χ1v) is 6.68. The highest BCUT2D eigenvalue weighted by molar-refractivity contribution is 5.86. The van der Waals surface area contributed by atoms with Gasteiger partial charge in [0.05, 0.1) is 22.9 Å². The van der Waals surface area contributed by atoms with Crippen molar-refractivity contribution >= 4 is 16.9 Å². The molecule has 0 aliphatic heterocycles. The van der Waals surface area contributed by atoms with Crippen molar-refractivity contribution in [2.45, 2.75) is 6.42 Å². The number of hydrogen-bond donors (Lipinski definition) is 3. The third-order valence-corrected chi connectivity index (χ3v) is 3.33. The average molecular weight is 294 g/mol. The Bertz CT molecular complexity index is 862. The quantitative estimate of drug-likeness (QED) is 0.297. The molecule has 1 heterocycles. The van der Waals surface area contributed by atoms with Gasteiger partial charge in [-0.1, -0.05) is 29.4 Å². The maximum absolute atomic E-state index is 10.2. The van der Waals surface area contributed by atoms with Gasteiger partial charge in [-0.15, -0.1) is 0 Å². The number of phenolic OH excluding ortho intramolecular Hbond substituents is 1. The number of para-hydroxylation sites is 2. The molecule has 0 unspecified atom stereocenters. The van der Waals surface area contributed by atoms with Crippen LogP contribution in [0, 0.1) is 0 Å². The molecule has 3 aromatic rings. The zero-order chi connectivity index (χ0) is 15.5. The maximum atomic E-state index is 10.2. The Morgan fingerprint density at radius 2 is 1.86 bits per heavy atom. The van der Waals surface area contributed by atoms with E-state index >= 15 is 0 Å². The third kappa shape index (κ3) is 2.54. The van der Waals surface area contributed by atoms with Crippen LogP contribution in [0.1, 0.15) is 5.56 Å². The normalized spacial score (nSPS) is 11.7. The van der Waals surface area contributed by atoms with Crippen LogP contribution in [0.25, 0.3) is 22.3 Å². The summed E-state index contributed by atoms with van der Waals surface area (Å²) >= 11 is 0. The summed E-state index contributed by atoms with van der Waals surface area (Å²) in [6.45, 7) is 0. The second-order valence-electron chi connectivity index (χ2n) is 4.82. The van der Waals surface area contributed by atoms with Crippen molar-refractivity contribution < 1.29 is 10.3 Å². The first-order valence-electron chi connectivity index (χ1n) is 6.68. The minimum Gasteiger partial charge on any atom is -0.507 e. The van der Waals surface area contributed by atoms with Crippen molar-refractivity contribution in [3.05, 3.63) is 54.2 Å². The molecule has 6 nitrogen and oxygen atoms in total. The number of rotatable bonds is 3. The van der Waals surface area contributed by atoms with E-state index in [0.29, 0.717) is 16.8 Å². The van der Waals surface area contributed by atoms with E-state index in [1.165, 1.54) is 0 Å². The number of nitrogens with two attached hydrogens (primary N) is 1. The Hall–Kier alpha value is -3.15. The molecule has 0 aliphatic rings. The van der Waals surface area contributed by atoms with Gasteiger partial charge in [0, 0.05) is 12.0 Å². The van der Waals surface area contributed by atoms with E-state index in [9.17, 15) is 5.11 Å². The minimum atomic E-state index is 0.0561. The van der Waals surface area contributed by atoms with Gasteiger partial charge in [0.2, 0.25) is 0 Å². The SMILES string of the molecule is NC(Cc1cccc(O)c1-c1cnc2ccccc2n1)=NO. The van der Waals surface area contributed by atoms with Crippen LogP contribution in [0.3, 0.4) is 0 Å². The van der Waals surface area contributed by atoms with Crippen LogP contribution in [0.2, 0.25) is 0 Å². The minimum absolute atomic E-state index is 0.0561. The molecule has 6 heteroatoms. The number of oxime groups is 1. The lowest BCUT2D eigenvalue weighted by Gasteiger charge is -2.11. The van der Waals surface area contributed by atoms with Crippen molar-refractivity contribution in [2.75, 3.05) is 0 Å². The number of nitrogens with zero attached hydrogens (tertiary/aromatic N) is 3. The Kier molecular flexibility index (Phi) is 3.57. The Morgan fingerprint density at radius 1 is 1.09 bits per heavy atom. The molecule has 110 valence electrons. The molecule has 0 fully saturated rings. The summed E-state index contributed by atoms with van der Waals surface area (Å²) in [5.41, 5.74) is 8.87. The molecule has 0 bridgehead atoms. The number of benzene rings is 2. The van der Waals surface area contributed by atoms with Gasteiger partial charge >= 0.3 is 0 Å². The predicted molar refractivity (Wildman–Crippen MR) is 83.8 cm³/mol. The lowest BCUT2D eigenvalue weighted by atomic mass is 10.0. The first kappa shape index (κ1) is 13.8. The van der Waals surface area contributed by atoms with Crippen molar-refractivity contribution in [3.63, 3.8) is 0 Å². The van der Waals surface area contributed by atoms with Crippen molar-refractivity contribution in [1.82, 2.24) is 9.97 Å². The Balaban J connectivity index is 2.16. The molecule has 0 saturated heterocycles. The summed E-state index contributed by atoms with van der Waals surface area (Å²) in [6, 6.07) is 12.6. The van der Waals surface area contributed by atoms with Gasteiger partial charge in [-0.3, -0.25) is 4.98 Å². The lowest BCUT2D eigenvalue weighted by molar-refractivity contribution is 0.317. The molecule has 0 saturated carbocycles. The highest BCUT2D eigenvalue weighted by atomic mass is 16.4. The number of fused-ring (bicyclic) bond motifs is 1. The van der Waals surface area contributed by atoms with Gasteiger partial charge in [-0.05, 0) is 23.8 Å². The van der Waals surface area contributed by atoms with Gasteiger partial charge in [0.25, 0.3) is 0 Å². The van der Waals surface area contributed by atoms with E-state index in [0.717, 1.165) is 11.0 Å². The molecule has 0 atom stereocenters. The molecule has 1 aromatic heterocycles. The van der Waals surface area contributed by atoms with Crippen LogP contribution >= 0.6 is 0 Å². The monoisotopic (exact) mass is 294 g/mol. The zero-order valence-corrected chi connectivity index (χ0v) is 11.6. The molecular formula is C16H14N4O2. The molecule has 2 aromatic carbocycles. The molecule has 4 N–H and O–H groups in total. The van der Waals surface area contributed by atoms with Crippen molar-refractivity contribution in [3.8, 4) is 17.0 Å². The largest absolute Gasteiger partial charge is 0.507 e. The van der Waals surface area contributed by atoms with Crippen LogP contribution < -0.4 is 5.73 Å². The van der Waals surface area contributed by atoms with Crippen LogP contribution in [0.5, 0.6) is 5.75 Å². The summed E-state index contributed by atoms with van der Waals surface area (Å²) < 4.78 is 0. The standard InChI is InChI=1S/C16H14N4O2/c17-15(20-22)8-10-4-3-7-14(21)16(10)13-9-18-11-5-1-2-6-12(11)19-13/h1-7,9,21-22H,8H2,(H2,17,20). The van der Waals surface area contributed by atoms with Gasteiger partial charge in [0.1, 0.15) is 11.6 Å². The lowest BCUT2D eigenvalue weighted by Crippen LogP contribution is -2.15. The fraction of sp³-hybridized carbons (Fsp3) is 0.0625. The highest BCUT2D eigenvalue weighted by Crippen LogP contribution is 2.32. The van der Waals surface area contributed by atoms with Gasteiger partial charge in [0.15, 0.2) is 0 Å². The molecule has 0 spiro atoms. The summed E-state index contributed by atoms with van der Waals surface area (Å²) in [5, 5.41) is 21.9. The number of amidine groups is 1. The van der Waals surface area contributed by atoms with E-state index in [4.69, 9.17) is 10.9 Å². The molecular weight excluding hydrogens is 280 g/mol. The number of aromatic hydroxyl groups is 1. The van der Waals surface area contributed by atoms with Crippen LogP contribution in [-0.4, -0.2) is 26.1 Å². The van der Waals surface area contributed by atoms with E-state index in [1.807, 2.05) is 24.3 Å². The third-order valence-electron chi connectivity index (χ3n) is 3.33. The summed E-state index contributed by atoms with van der Waals surface area (Å²) in [4.78, 5) is 8.89. The fourth-order valence-corrected chi connectivity index (χ4v) is 2.34. The average Bonchev–Trinajstić information content (AvgIpc) is 2.54. The molecule has 3 rings (SSSR count). The van der Waals surface area contributed by atoms with Gasteiger partial charge < -0.3 is 16.0 Å². The van der Waals surface area contributed by atoms with E-state index < -0.39 is 0 Å². The van der Waals surface area contributed by atoms with Crippen molar-refractivity contribution in [2.24, 2.45) is 10.9 Å². The van der Waals surface area contributed by atoms with E-state index in [1.54, 1.807) is 24.4 Å². The smallest absolute Gasteiger partial charge is 0.143 e. The first-order chi connectivity index (χ1) is 10.7. The number of phenols is 1. The Morgan fingerprint density at radius 3 is 2.64 bits per heavy atom. The number of aromatic nitrogens is 2. The summed E-state index contributed by atoms with van der Waals surface area (Å²) in [7, 11) is 0. The van der Waals surface area contributed by atoms with Gasteiger partial charge in [-0.25, -0.2) is 4.98 Å². The van der Waals surface area contributed by atoms with E-state index in [2.05, 4.69) is 15.1 Å². The van der Waals surface area contributed by atoms with Gasteiger partial charge in [-0.2, -0.15) is 0 Å². The van der Waals surface area contributed by atoms with Crippen LogP contribution in [0.4, 0.5) is 0 Å². The maximum Gasteiger partial charge on any atom is 0.143 e. The number of hydrogen-bond acceptors (Lipinski definition) is 5. The zero-order valence-electron chi connectivity index (χ0n) is 11.6. The summed E-state index contributed by atoms with van der Waals surface area (Å²) in [6.07, 6.45) is 1.81. The second-order valence-corrected chi connectivity index (χ2v) is 4.82. The molecule has 22 heavy (non-hydrogen) atoms. The van der Waals surface area contributed by atoms with Crippen molar-refractivity contribution in [1.29, 1.82) is 0 Å². The van der Waals surface area contributed by atoms with E-state index in [-0.39, 0.29) is 18.0 Å². The molecule has 0 radical (unpaired) electrons. The van der Waals surface area contributed by atoms with Crippen LogP contribution in [0.15, 0.2) is 53.8 Å². The predicted octanol–water partition coefficient (Wildman–Crippen LogP) is 2.29. The topological polar surface area (TPSA) is 105 Å². The second kappa shape index (κ2) is 5.69. The summed E-state index contributed by atoms with van der Waals surface area (Å²) in [5.74, 6) is 0.133. The fourth-order valence-electron chi connectivity index (χ4n) is 2.34. The Labute approximate surface area is 126 Å². The molecule has 0 amide bonds.